The molecule has 3 rings (SSSR count). The predicted octanol–water partition coefficient (Wildman–Crippen LogP) is 1.64. The Labute approximate surface area is 141 Å². The van der Waals surface area contributed by atoms with E-state index in [2.05, 4.69) is 5.32 Å². The van der Waals surface area contributed by atoms with Crippen LogP contribution in [0.1, 0.15) is 18.4 Å². The monoisotopic (exact) mass is 344 g/mol. The van der Waals surface area contributed by atoms with Crippen LogP contribution in [0.5, 0.6) is 0 Å². The molecule has 0 spiro atoms. The minimum atomic E-state index is -3.43. The van der Waals surface area contributed by atoms with Gasteiger partial charge < -0.3 is 11.1 Å². The van der Waals surface area contributed by atoms with Gasteiger partial charge in [-0.25, -0.2) is 8.42 Å². The van der Waals surface area contributed by atoms with Crippen LogP contribution in [0.15, 0.2) is 65.6 Å². The van der Waals surface area contributed by atoms with E-state index >= 15 is 0 Å². The minimum absolute atomic E-state index is 0.144. The van der Waals surface area contributed by atoms with Gasteiger partial charge in [-0.15, -0.1) is 0 Å². The molecule has 1 fully saturated rings. The molecule has 0 heterocycles. The molecule has 0 bridgehead atoms. The van der Waals surface area contributed by atoms with Crippen molar-refractivity contribution in [3.8, 4) is 0 Å². The van der Waals surface area contributed by atoms with E-state index in [9.17, 15) is 13.2 Å². The lowest BCUT2D eigenvalue weighted by Crippen LogP contribution is -2.65. The molecule has 2 aromatic carbocycles. The van der Waals surface area contributed by atoms with Crippen LogP contribution in [-0.2, 0) is 21.2 Å². The van der Waals surface area contributed by atoms with E-state index in [4.69, 9.17) is 5.73 Å². The third kappa shape index (κ3) is 3.20. The van der Waals surface area contributed by atoms with Crippen LogP contribution < -0.4 is 11.1 Å². The standard InChI is InChI=1S/C18H20N2O3S/c19-18(17(21)20-13-14-7-3-1-4-8-14)11-16(12-18)24(22,23)15-9-5-2-6-10-15/h1-10,16H,11-13,19H2,(H,20,21). The zero-order valence-electron chi connectivity index (χ0n) is 13.2. The number of hydrogen-bond acceptors (Lipinski definition) is 4. The molecule has 0 unspecified atom stereocenters. The fourth-order valence-corrected chi connectivity index (χ4v) is 4.87. The maximum atomic E-state index is 12.5. The van der Waals surface area contributed by atoms with Crippen molar-refractivity contribution in [2.24, 2.45) is 5.73 Å². The van der Waals surface area contributed by atoms with E-state index in [-0.39, 0.29) is 23.6 Å². The summed E-state index contributed by atoms with van der Waals surface area (Å²) in [5.41, 5.74) is 5.96. The van der Waals surface area contributed by atoms with E-state index in [1.807, 2.05) is 30.3 Å². The van der Waals surface area contributed by atoms with Crippen molar-refractivity contribution in [2.75, 3.05) is 0 Å². The molecular formula is C18H20N2O3S. The summed E-state index contributed by atoms with van der Waals surface area (Å²) in [5, 5.41) is 2.19. The van der Waals surface area contributed by atoms with Crippen LogP contribution in [0.25, 0.3) is 0 Å². The molecule has 0 aliphatic heterocycles. The predicted molar refractivity (Wildman–Crippen MR) is 91.9 cm³/mol. The normalized spacial score (nSPS) is 23.3. The summed E-state index contributed by atoms with van der Waals surface area (Å²) in [5.74, 6) is -0.300. The fourth-order valence-electron chi connectivity index (χ4n) is 2.91. The third-order valence-electron chi connectivity index (χ3n) is 4.44. The Kier molecular flexibility index (Phi) is 4.43. The lowest BCUT2D eigenvalue weighted by atomic mass is 9.76. The summed E-state index contributed by atoms with van der Waals surface area (Å²) in [6, 6.07) is 17.8. The van der Waals surface area contributed by atoms with Crippen molar-refractivity contribution < 1.29 is 13.2 Å². The SMILES string of the molecule is NC1(C(=O)NCc2ccccc2)CC(S(=O)(=O)c2ccccc2)C1. The highest BCUT2D eigenvalue weighted by Crippen LogP contribution is 2.38. The van der Waals surface area contributed by atoms with E-state index < -0.39 is 20.6 Å². The molecule has 2 aromatic rings. The summed E-state index contributed by atoms with van der Waals surface area (Å²) in [7, 11) is -3.43. The number of nitrogens with one attached hydrogen (secondary N) is 1. The number of sulfone groups is 1. The van der Waals surface area contributed by atoms with Crippen LogP contribution in [0.4, 0.5) is 0 Å². The summed E-state index contributed by atoms with van der Waals surface area (Å²) >= 11 is 0. The van der Waals surface area contributed by atoms with E-state index in [0.717, 1.165) is 5.56 Å². The summed E-state index contributed by atoms with van der Waals surface area (Å²) in [6.45, 7) is 0.384. The molecule has 126 valence electrons. The van der Waals surface area contributed by atoms with Crippen LogP contribution in [0.3, 0.4) is 0 Å². The van der Waals surface area contributed by atoms with E-state index in [0.29, 0.717) is 6.54 Å². The zero-order chi connectivity index (χ0) is 17.2. The summed E-state index contributed by atoms with van der Waals surface area (Å²) in [4.78, 5) is 12.6. The van der Waals surface area contributed by atoms with Crippen molar-refractivity contribution in [3.63, 3.8) is 0 Å². The Morgan fingerprint density at radius 2 is 1.58 bits per heavy atom. The fraction of sp³-hybridized carbons (Fsp3) is 0.278. The van der Waals surface area contributed by atoms with Gasteiger partial charge in [-0.3, -0.25) is 4.79 Å². The maximum Gasteiger partial charge on any atom is 0.240 e. The van der Waals surface area contributed by atoms with Crippen molar-refractivity contribution in [1.82, 2.24) is 5.32 Å². The van der Waals surface area contributed by atoms with Crippen molar-refractivity contribution in [1.29, 1.82) is 0 Å². The van der Waals surface area contributed by atoms with Crippen molar-refractivity contribution >= 4 is 15.7 Å². The van der Waals surface area contributed by atoms with Crippen LogP contribution in [0.2, 0.25) is 0 Å². The number of rotatable bonds is 5. The molecule has 0 saturated heterocycles. The molecule has 3 N–H and O–H groups in total. The molecule has 0 aromatic heterocycles. The van der Waals surface area contributed by atoms with Crippen LogP contribution in [-0.4, -0.2) is 25.1 Å². The van der Waals surface area contributed by atoms with Gasteiger partial charge in [-0.2, -0.15) is 0 Å². The first-order valence-electron chi connectivity index (χ1n) is 7.82. The van der Waals surface area contributed by atoms with Gasteiger partial charge in [0, 0.05) is 6.54 Å². The molecule has 1 aliphatic carbocycles. The highest BCUT2D eigenvalue weighted by molar-refractivity contribution is 7.92. The largest absolute Gasteiger partial charge is 0.350 e. The number of carbonyl (C=O) groups is 1. The average molecular weight is 344 g/mol. The topological polar surface area (TPSA) is 89.3 Å². The van der Waals surface area contributed by atoms with E-state index in [1.165, 1.54) is 0 Å². The third-order valence-corrected chi connectivity index (χ3v) is 6.58. The highest BCUT2D eigenvalue weighted by atomic mass is 32.2. The van der Waals surface area contributed by atoms with Gasteiger partial charge in [0.1, 0.15) is 0 Å². The molecule has 0 atom stereocenters. The van der Waals surface area contributed by atoms with Gasteiger partial charge in [0.2, 0.25) is 5.91 Å². The molecule has 24 heavy (non-hydrogen) atoms. The van der Waals surface area contributed by atoms with E-state index in [1.54, 1.807) is 30.3 Å². The molecule has 1 aliphatic rings. The Balaban J connectivity index is 1.61. The van der Waals surface area contributed by atoms with Gasteiger partial charge in [0.25, 0.3) is 0 Å². The molecular weight excluding hydrogens is 324 g/mol. The summed E-state index contributed by atoms with van der Waals surface area (Å²) < 4.78 is 25.0. The minimum Gasteiger partial charge on any atom is -0.350 e. The van der Waals surface area contributed by atoms with Gasteiger partial charge in [0.05, 0.1) is 15.7 Å². The molecule has 6 heteroatoms. The molecule has 1 amide bonds. The second kappa shape index (κ2) is 6.37. The Hall–Kier alpha value is -2.18. The second-order valence-corrected chi connectivity index (χ2v) is 8.44. The molecule has 5 nitrogen and oxygen atoms in total. The Bertz CT molecular complexity index is 814. The van der Waals surface area contributed by atoms with Gasteiger partial charge >= 0.3 is 0 Å². The number of hydrogen-bond donors (Lipinski definition) is 2. The van der Waals surface area contributed by atoms with Gasteiger partial charge in [-0.05, 0) is 30.5 Å². The highest BCUT2D eigenvalue weighted by Gasteiger charge is 2.52. The first-order valence-corrected chi connectivity index (χ1v) is 9.36. The molecule has 1 saturated carbocycles. The van der Waals surface area contributed by atoms with Crippen molar-refractivity contribution in [2.45, 2.75) is 35.1 Å². The van der Waals surface area contributed by atoms with Crippen LogP contribution in [0, 0.1) is 0 Å². The average Bonchev–Trinajstić information content (AvgIpc) is 2.58. The number of nitrogens with two attached hydrogens (primary N) is 1. The van der Waals surface area contributed by atoms with Crippen molar-refractivity contribution in [3.05, 3.63) is 66.2 Å². The van der Waals surface area contributed by atoms with Crippen LogP contribution >= 0.6 is 0 Å². The van der Waals surface area contributed by atoms with Gasteiger partial charge in [-0.1, -0.05) is 48.5 Å². The number of carbonyl (C=O) groups excluding carboxylic acids is 1. The number of benzene rings is 2. The number of amides is 1. The Morgan fingerprint density at radius 1 is 1.04 bits per heavy atom. The lowest BCUT2D eigenvalue weighted by Gasteiger charge is -2.42. The first-order chi connectivity index (χ1) is 11.4. The quantitative estimate of drug-likeness (QED) is 0.863. The van der Waals surface area contributed by atoms with Gasteiger partial charge in [0.15, 0.2) is 9.84 Å². The molecule has 0 radical (unpaired) electrons. The Morgan fingerprint density at radius 3 is 2.17 bits per heavy atom. The lowest BCUT2D eigenvalue weighted by molar-refractivity contribution is -0.129. The smallest absolute Gasteiger partial charge is 0.240 e. The second-order valence-electron chi connectivity index (χ2n) is 6.21. The maximum absolute atomic E-state index is 12.5. The first kappa shape index (κ1) is 16.7. The zero-order valence-corrected chi connectivity index (χ0v) is 14.0. The summed E-state index contributed by atoms with van der Waals surface area (Å²) in [6.07, 6.45) is 0.287.